The van der Waals surface area contributed by atoms with Crippen molar-refractivity contribution in [3.05, 3.63) is 38.7 Å². The molecule has 0 saturated carbocycles. The summed E-state index contributed by atoms with van der Waals surface area (Å²) in [7, 11) is -2.41. The molecule has 2 aromatic rings. The van der Waals surface area contributed by atoms with Crippen molar-refractivity contribution in [2.75, 3.05) is 7.05 Å². The topological polar surface area (TPSA) is 88.4 Å². The Hall–Kier alpha value is -1.16. The van der Waals surface area contributed by atoms with Gasteiger partial charge in [-0.25, -0.2) is 13.1 Å². The first-order chi connectivity index (χ1) is 9.42. The molecule has 0 aliphatic heterocycles. The van der Waals surface area contributed by atoms with Gasteiger partial charge in [0, 0.05) is 4.88 Å². The fraction of sp³-hybridized carbons (Fsp3) is 0.182. The predicted octanol–water partition coefficient (Wildman–Crippen LogP) is 1.94. The van der Waals surface area contributed by atoms with Gasteiger partial charge in [0.15, 0.2) is 5.76 Å². The summed E-state index contributed by atoms with van der Waals surface area (Å²) < 4.78 is 31.1. The Kier molecular flexibility index (Phi) is 4.63. The highest BCUT2D eigenvalue weighted by Gasteiger charge is 2.19. The highest BCUT2D eigenvalue weighted by atomic mass is 79.9. The maximum Gasteiger partial charge on any atom is 0.287 e. The lowest BCUT2D eigenvalue weighted by Crippen LogP contribution is -2.22. The third-order valence-electron chi connectivity index (χ3n) is 2.39. The van der Waals surface area contributed by atoms with Gasteiger partial charge in [0.2, 0.25) is 5.09 Å². The molecule has 20 heavy (non-hydrogen) atoms. The molecule has 0 spiro atoms. The van der Waals surface area contributed by atoms with E-state index in [1.54, 1.807) is 0 Å². The second kappa shape index (κ2) is 6.08. The molecule has 0 saturated heterocycles. The molecule has 2 aromatic heterocycles. The number of hydrogen-bond donors (Lipinski definition) is 2. The molecule has 0 radical (unpaired) electrons. The second-order valence-corrected chi connectivity index (χ2v) is 8.08. The van der Waals surface area contributed by atoms with Gasteiger partial charge in [-0.05, 0) is 47.2 Å². The minimum atomic E-state index is -3.68. The fourth-order valence-electron chi connectivity index (χ4n) is 1.39. The van der Waals surface area contributed by atoms with Crippen LogP contribution in [0.1, 0.15) is 15.4 Å². The molecule has 6 nitrogen and oxygen atoms in total. The minimum absolute atomic E-state index is 0.0468. The third-order valence-corrected chi connectivity index (χ3v) is 5.30. The number of rotatable bonds is 5. The lowest BCUT2D eigenvalue weighted by molar-refractivity contribution is 0.0918. The fourth-order valence-corrected chi connectivity index (χ4v) is 3.46. The number of sulfonamides is 1. The van der Waals surface area contributed by atoms with Gasteiger partial charge in [0.05, 0.1) is 10.3 Å². The Morgan fingerprint density at radius 1 is 1.35 bits per heavy atom. The third kappa shape index (κ3) is 3.48. The average molecular weight is 379 g/mol. The summed E-state index contributed by atoms with van der Waals surface area (Å²) in [6.07, 6.45) is 0. The van der Waals surface area contributed by atoms with Crippen LogP contribution in [0.4, 0.5) is 0 Å². The zero-order valence-corrected chi connectivity index (χ0v) is 13.6. The van der Waals surface area contributed by atoms with Crippen LogP contribution < -0.4 is 10.0 Å². The van der Waals surface area contributed by atoms with Crippen molar-refractivity contribution < 1.29 is 17.6 Å². The average Bonchev–Trinajstić information content (AvgIpc) is 3.05. The van der Waals surface area contributed by atoms with Crippen LogP contribution in [0.25, 0.3) is 0 Å². The van der Waals surface area contributed by atoms with E-state index in [1.807, 2.05) is 12.1 Å². The first kappa shape index (κ1) is 15.2. The number of thiophene rings is 1. The number of furan rings is 1. The minimum Gasteiger partial charge on any atom is -0.438 e. The Labute approximate surface area is 128 Å². The van der Waals surface area contributed by atoms with E-state index in [4.69, 9.17) is 4.42 Å². The van der Waals surface area contributed by atoms with Gasteiger partial charge in [0.25, 0.3) is 15.9 Å². The summed E-state index contributed by atoms with van der Waals surface area (Å²) in [6.45, 7) is 0.351. The molecule has 0 aliphatic rings. The molecule has 0 fully saturated rings. The predicted molar refractivity (Wildman–Crippen MR) is 78.1 cm³/mol. The van der Waals surface area contributed by atoms with Gasteiger partial charge in [-0.2, -0.15) is 0 Å². The van der Waals surface area contributed by atoms with Crippen LogP contribution in [0.3, 0.4) is 0 Å². The van der Waals surface area contributed by atoms with Gasteiger partial charge in [-0.1, -0.05) is 0 Å². The van der Waals surface area contributed by atoms with E-state index in [9.17, 15) is 13.2 Å². The molecule has 0 bridgehead atoms. The Morgan fingerprint density at radius 3 is 2.70 bits per heavy atom. The molecular weight excluding hydrogens is 368 g/mol. The number of hydrogen-bond acceptors (Lipinski definition) is 5. The summed E-state index contributed by atoms with van der Waals surface area (Å²) in [4.78, 5) is 12.8. The van der Waals surface area contributed by atoms with E-state index in [2.05, 4.69) is 26.0 Å². The molecule has 0 atom stereocenters. The summed E-state index contributed by atoms with van der Waals surface area (Å²) in [5.74, 6) is -0.512. The number of carbonyl (C=O) groups excluding carboxylic acids is 1. The largest absolute Gasteiger partial charge is 0.438 e. The van der Waals surface area contributed by atoms with Gasteiger partial charge >= 0.3 is 0 Å². The maximum atomic E-state index is 11.8. The van der Waals surface area contributed by atoms with E-state index in [-0.39, 0.29) is 10.9 Å². The number of carbonyl (C=O) groups is 1. The van der Waals surface area contributed by atoms with Crippen molar-refractivity contribution in [3.8, 4) is 0 Å². The van der Waals surface area contributed by atoms with E-state index in [0.29, 0.717) is 6.54 Å². The lowest BCUT2D eigenvalue weighted by Gasteiger charge is -2.01. The monoisotopic (exact) mass is 378 g/mol. The van der Waals surface area contributed by atoms with Crippen LogP contribution in [0, 0.1) is 0 Å². The summed E-state index contributed by atoms with van der Waals surface area (Å²) in [5.41, 5.74) is 0. The maximum absolute atomic E-state index is 11.8. The van der Waals surface area contributed by atoms with Crippen LogP contribution in [0.5, 0.6) is 0 Å². The molecule has 9 heteroatoms. The summed E-state index contributed by atoms with van der Waals surface area (Å²) in [6, 6.07) is 6.33. The zero-order chi connectivity index (χ0) is 14.8. The molecule has 1 amide bonds. The van der Waals surface area contributed by atoms with Crippen molar-refractivity contribution >= 4 is 43.2 Å². The van der Waals surface area contributed by atoms with Crippen LogP contribution >= 0.6 is 27.3 Å². The molecular formula is C11H11BrN2O4S2. The Balaban J connectivity index is 2.03. The summed E-state index contributed by atoms with van der Waals surface area (Å²) in [5, 5.41) is 2.37. The molecule has 2 heterocycles. The van der Waals surface area contributed by atoms with Crippen molar-refractivity contribution in [2.45, 2.75) is 11.6 Å². The zero-order valence-electron chi connectivity index (χ0n) is 10.3. The quantitative estimate of drug-likeness (QED) is 0.831. The van der Waals surface area contributed by atoms with Crippen LogP contribution in [-0.2, 0) is 16.6 Å². The van der Waals surface area contributed by atoms with Crippen molar-refractivity contribution in [1.82, 2.24) is 10.0 Å². The van der Waals surface area contributed by atoms with Gasteiger partial charge in [-0.3, -0.25) is 4.79 Å². The molecule has 2 rings (SSSR count). The highest BCUT2D eigenvalue weighted by Crippen LogP contribution is 2.22. The molecule has 0 aromatic carbocycles. The first-order valence-corrected chi connectivity index (χ1v) is 8.57. The number of nitrogens with one attached hydrogen (secondary N) is 2. The SMILES string of the molecule is CNS(=O)(=O)c1ccc(C(=O)NCc2ccc(Br)s2)o1. The van der Waals surface area contributed by atoms with Gasteiger partial charge in [0.1, 0.15) is 0 Å². The normalized spacial score (nSPS) is 11.5. The van der Waals surface area contributed by atoms with Crippen molar-refractivity contribution in [1.29, 1.82) is 0 Å². The van der Waals surface area contributed by atoms with Crippen LogP contribution in [-0.4, -0.2) is 21.4 Å². The van der Waals surface area contributed by atoms with Gasteiger partial charge < -0.3 is 9.73 Å². The van der Waals surface area contributed by atoms with E-state index in [1.165, 1.54) is 30.5 Å². The van der Waals surface area contributed by atoms with E-state index in [0.717, 1.165) is 8.66 Å². The smallest absolute Gasteiger partial charge is 0.287 e. The van der Waals surface area contributed by atoms with Crippen molar-refractivity contribution in [2.24, 2.45) is 0 Å². The second-order valence-electron chi connectivity index (χ2n) is 3.71. The lowest BCUT2D eigenvalue weighted by atomic mass is 10.4. The standard InChI is InChI=1S/C11H11BrN2O4S2/c1-13-20(16,17)10-5-3-8(18-10)11(15)14-6-7-2-4-9(12)19-7/h2-5,13H,6H2,1H3,(H,14,15). The van der Waals surface area contributed by atoms with E-state index < -0.39 is 15.9 Å². The summed E-state index contributed by atoms with van der Waals surface area (Å²) >= 11 is 4.83. The number of halogens is 1. The van der Waals surface area contributed by atoms with Gasteiger partial charge in [-0.15, -0.1) is 11.3 Å². The molecule has 108 valence electrons. The number of amides is 1. The Bertz CT molecular complexity index is 720. The Morgan fingerprint density at radius 2 is 2.10 bits per heavy atom. The molecule has 0 aliphatic carbocycles. The van der Waals surface area contributed by atoms with E-state index >= 15 is 0 Å². The first-order valence-electron chi connectivity index (χ1n) is 5.48. The van der Waals surface area contributed by atoms with Crippen LogP contribution in [0.15, 0.2) is 37.6 Å². The molecule has 2 N–H and O–H groups in total. The van der Waals surface area contributed by atoms with Crippen LogP contribution in [0.2, 0.25) is 0 Å². The highest BCUT2D eigenvalue weighted by molar-refractivity contribution is 9.11. The molecule has 0 unspecified atom stereocenters. The van der Waals surface area contributed by atoms with Crippen molar-refractivity contribution in [3.63, 3.8) is 0 Å².